The number of rotatable bonds is 13. The minimum absolute atomic E-state index is 0.0729. The first-order chi connectivity index (χ1) is 15.9. The second-order valence-corrected chi connectivity index (χ2v) is 7.86. The van der Waals surface area contributed by atoms with Crippen LogP contribution < -0.4 is 10.7 Å². The first-order valence-electron chi connectivity index (χ1n) is 11.0. The van der Waals surface area contributed by atoms with Crippen molar-refractivity contribution in [3.63, 3.8) is 0 Å². The summed E-state index contributed by atoms with van der Waals surface area (Å²) >= 11 is 0. The van der Waals surface area contributed by atoms with E-state index < -0.39 is 6.10 Å². The third kappa shape index (κ3) is 9.13. The van der Waals surface area contributed by atoms with Crippen LogP contribution in [-0.4, -0.2) is 73.6 Å². The second-order valence-electron chi connectivity index (χ2n) is 7.86. The van der Waals surface area contributed by atoms with Gasteiger partial charge in [0.15, 0.2) is 0 Å². The standard InChI is InChI=1S/C25H35N5O3/c1-19(28-17-24(31)22-7-5-13-27-16-22)15-20-9-11-21(12-10-20)25(32)30(3)18-23(29-26-2)8-6-14-33-4/h5-13,16,19,24,26,28,31H,14-15,17-18H2,1-4H3/b8-6+,29-23+/t19-,24-/m0/s1. The fourth-order valence-electron chi connectivity index (χ4n) is 3.30. The maximum absolute atomic E-state index is 12.8. The molecule has 0 aliphatic rings. The van der Waals surface area contributed by atoms with Gasteiger partial charge in [-0.1, -0.05) is 24.3 Å². The van der Waals surface area contributed by atoms with Crippen molar-refractivity contribution in [1.82, 2.24) is 20.6 Å². The summed E-state index contributed by atoms with van der Waals surface area (Å²) in [6, 6.07) is 11.5. The van der Waals surface area contributed by atoms with Gasteiger partial charge in [-0.25, -0.2) is 0 Å². The molecule has 0 radical (unpaired) electrons. The molecule has 2 aromatic rings. The predicted octanol–water partition coefficient (Wildman–Crippen LogP) is 2.19. The largest absolute Gasteiger partial charge is 0.387 e. The van der Waals surface area contributed by atoms with Crippen molar-refractivity contribution in [2.45, 2.75) is 25.5 Å². The van der Waals surface area contributed by atoms with Gasteiger partial charge < -0.3 is 25.5 Å². The van der Waals surface area contributed by atoms with E-state index in [0.717, 1.165) is 23.3 Å². The highest BCUT2D eigenvalue weighted by Crippen LogP contribution is 2.12. The smallest absolute Gasteiger partial charge is 0.253 e. The Balaban J connectivity index is 1.87. The minimum atomic E-state index is -0.600. The first kappa shape index (κ1) is 26.2. The number of aliphatic hydroxyl groups excluding tert-OH is 1. The molecule has 1 aromatic heterocycles. The zero-order valence-electron chi connectivity index (χ0n) is 19.9. The molecule has 3 N–H and O–H groups in total. The number of carbonyl (C=O) groups excluding carboxylic acids is 1. The number of pyridine rings is 1. The first-order valence-corrected chi connectivity index (χ1v) is 11.0. The van der Waals surface area contributed by atoms with E-state index in [0.29, 0.717) is 25.3 Å². The molecule has 2 rings (SSSR count). The van der Waals surface area contributed by atoms with Crippen molar-refractivity contribution < 1.29 is 14.6 Å². The van der Waals surface area contributed by atoms with Gasteiger partial charge in [-0.15, -0.1) is 0 Å². The number of hydrogen-bond donors (Lipinski definition) is 3. The molecule has 0 unspecified atom stereocenters. The van der Waals surface area contributed by atoms with E-state index in [4.69, 9.17) is 4.74 Å². The lowest BCUT2D eigenvalue weighted by Gasteiger charge is -2.19. The summed E-state index contributed by atoms with van der Waals surface area (Å²) in [5.74, 6) is -0.0729. The maximum Gasteiger partial charge on any atom is 0.253 e. The molecule has 0 saturated heterocycles. The Morgan fingerprint density at radius 1 is 1.30 bits per heavy atom. The average Bonchev–Trinajstić information content (AvgIpc) is 2.83. The number of carbonyl (C=O) groups is 1. The minimum Gasteiger partial charge on any atom is -0.387 e. The Bertz CT molecular complexity index is 900. The van der Waals surface area contributed by atoms with Crippen LogP contribution in [0, 0.1) is 0 Å². The summed E-state index contributed by atoms with van der Waals surface area (Å²) in [5, 5.41) is 17.8. The van der Waals surface area contributed by atoms with Gasteiger partial charge >= 0.3 is 0 Å². The fourth-order valence-corrected chi connectivity index (χ4v) is 3.30. The monoisotopic (exact) mass is 453 g/mol. The van der Waals surface area contributed by atoms with Gasteiger partial charge in [-0.2, -0.15) is 5.10 Å². The van der Waals surface area contributed by atoms with E-state index in [1.807, 2.05) is 48.6 Å². The van der Waals surface area contributed by atoms with Crippen LogP contribution in [0.2, 0.25) is 0 Å². The molecule has 0 spiro atoms. The number of nitrogens with zero attached hydrogens (tertiary/aromatic N) is 3. The Morgan fingerprint density at radius 3 is 2.70 bits per heavy atom. The molecule has 8 nitrogen and oxygen atoms in total. The van der Waals surface area contributed by atoms with Crippen molar-refractivity contribution in [1.29, 1.82) is 0 Å². The van der Waals surface area contributed by atoms with Crippen molar-refractivity contribution in [2.24, 2.45) is 5.10 Å². The molecule has 1 heterocycles. The van der Waals surface area contributed by atoms with Crippen molar-refractivity contribution in [3.8, 4) is 0 Å². The SMILES string of the molecule is CN/N=C(\C=C\COC)CN(C)C(=O)c1ccc(C[C@H](C)NC[C@H](O)c2cccnc2)cc1. The number of aromatic nitrogens is 1. The van der Waals surface area contributed by atoms with Gasteiger partial charge in [0.1, 0.15) is 0 Å². The van der Waals surface area contributed by atoms with Crippen molar-refractivity contribution in [3.05, 3.63) is 77.6 Å². The number of methoxy groups -OCH3 is 1. The van der Waals surface area contributed by atoms with E-state index in [1.54, 1.807) is 38.5 Å². The lowest BCUT2D eigenvalue weighted by molar-refractivity contribution is 0.0815. The molecule has 0 fully saturated rings. The molecule has 1 aromatic carbocycles. The van der Waals surface area contributed by atoms with E-state index in [1.165, 1.54) is 0 Å². The third-order valence-electron chi connectivity index (χ3n) is 5.05. The summed E-state index contributed by atoms with van der Waals surface area (Å²) in [7, 11) is 5.10. The Morgan fingerprint density at radius 2 is 2.06 bits per heavy atom. The topological polar surface area (TPSA) is 99.1 Å². The summed E-state index contributed by atoms with van der Waals surface area (Å²) in [6.07, 6.45) is 7.24. The molecular weight excluding hydrogens is 418 g/mol. The normalized spacial score (nSPS) is 13.7. The van der Waals surface area contributed by atoms with Crippen LogP contribution >= 0.6 is 0 Å². The summed E-state index contributed by atoms with van der Waals surface area (Å²) < 4.78 is 5.02. The van der Waals surface area contributed by atoms with Gasteiger partial charge in [0.2, 0.25) is 0 Å². The summed E-state index contributed by atoms with van der Waals surface area (Å²) in [5.41, 5.74) is 6.03. The number of amides is 1. The third-order valence-corrected chi connectivity index (χ3v) is 5.05. The Hall–Kier alpha value is -3.07. The highest BCUT2D eigenvalue weighted by Gasteiger charge is 2.14. The Labute approximate surface area is 196 Å². The summed E-state index contributed by atoms with van der Waals surface area (Å²) in [4.78, 5) is 18.5. The van der Waals surface area contributed by atoms with Crippen LogP contribution in [0.4, 0.5) is 0 Å². The number of hydrazone groups is 1. The van der Waals surface area contributed by atoms with E-state index >= 15 is 0 Å². The number of ether oxygens (including phenoxy) is 1. The van der Waals surface area contributed by atoms with E-state index in [9.17, 15) is 9.90 Å². The summed E-state index contributed by atoms with van der Waals surface area (Å²) in [6.45, 7) is 3.38. The molecule has 2 atom stereocenters. The van der Waals surface area contributed by atoms with Crippen LogP contribution in [0.5, 0.6) is 0 Å². The quantitative estimate of drug-likeness (QED) is 0.318. The highest BCUT2D eigenvalue weighted by atomic mass is 16.5. The van der Waals surface area contributed by atoms with Crippen LogP contribution in [0.15, 0.2) is 66.0 Å². The predicted molar refractivity (Wildman–Crippen MR) is 131 cm³/mol. The average molecular weight is 454 g/mol. The molecule has 0 aliphatic heterocycles. The number of aliphatic hydroxyl groups is 1. The number of nitrogens with one attached hydrogen (secondary N) is 2. The molecule has 33 heavy (non-hydrogen) atoms. The van der Waals surface area contributed by atoms with Gasteiger partial charge in [-0.3, -0.25) is 9.78 Å². The number of hydrogen-bond acceptors (Lipinski definition) is 7. The van der Waals surface area contributed by atoms with Gasteiger partial charge in [0.25, 0.3) is 5.91 Å². The van der Waals surface area contributed by atoms with Gasteiger partial charge in [0, 0.05) is 57.3 Å². The second kappa shape index (κ2) is 14.2. The molecule has 0 aliphatic carbocycles. The van der Waals surface area contributed by atoms with Crippen LogP contribution in [0.1, 0.15) is 34.5 Å². The fraction of sp³-hybridized carbons (Fsp3) is 0.400. The number of benzene rings is 1. The van der Waals surface area contributed by atoms with Crippen molar-refractivity contribution in [2.75, 3.05) is 40.9 Å². The van der Waals surface area contributed by atoms with Crippen molar-refractivity contribution >= 4 is 11.6 Å². The molecule has 0 saturated carbocycles. The van der Waals surface area contributed by atoms with E-state index in [2.05, 4.69) is 27.8 Å². The molecule has 178 valence electrons. The maximum atomic E-state index is 12.8. The van der Waals surface area contributed by atoms with Crippen LogP contribution in [0.3, 0.4) is 0 Å². The van der Waals surface area contributed by atoms with Gasteiger partial charge in [0.05, 0.1) is 25.0 Å². The zero-order valence-corrected chi connectivity index (χ0v) is 19.9. The molecule has 1 amide bonds. The molecule has 8 heteroatoms. The van der Waals surface area contributed by atoms with E-state index in [-0.39, 0.29) is 11.9 Å². The Kier molecular flexibility index (Phi) is 11.2. The lowest BCUT2D eigenvalue weighted by atomic mass is 10.0. The zero-order chi connectivity index (χ0) is 24.1. The molecular formula is C25H35N5O3. The lowest BCUT2D eigenvalue weighted by Crippen LogP contribution is -2.32. The van der Waals surface area contributed by atoms with Crippen LogP contribution in [0.25, 0.3) is 0 Å². The highest BCUT2D eigenvalue weighted by molar-refractivity contribution is 6.01. The van der Waals surface area contributed by atoms with Crippen LogP contribution in [-0.2, 0) is 11.2 Å². The van der Waals surface area contributed by atoms with Gasteiger partial charge in [-0.05, 0) is 43.2 Å². The molecule has 0 bridgehead atoms.